The zero-order valence-corrected chi connectivity index (χ0v) is 17.3. The first kappa shape index (κ1) is 21.9. The number of nitrogens with zero attached hydrogens (tertiary/aromatic N) is 1. The van der Waals surface area contributed by atoms with E-state index in [2.05, 4.69) is 45.0 Å². The molecule has 1 rings (SSSR count). The van der Waals surface area contributed by atoms with E-state index in [1.165, 1.54) is 63.4 Å². The lowest BCUT2D eigenvalue weighted by atomic mass is 9.99. The van der Waals surface area contributed by atoms with Crippen LogP contribution in [0, 0.1) is 16.7 Å². The molecule has 0 aliphatic carbocycles. The Bertz CT molecular complexity index is 355. The van der Waals surface area contributed by atoms with Gasteiger partial charge in [-0.25, -0.2) is 0 Å². The Morgan fingerprint density at radius 1 is 1.29 bits per heavy atom. The Morgan fingerprint density at radius 3 is 2.71 bits per heavy atom. The molecule has 1 fully saturated rings. The molecule has 5 heteroatoms. The fourth-order valence-electron chi connectivity index (χ4n) is 2.94. The molecule has 2 N–H and O–H groups in total. The van der Waals surface area contributed by atoms with Gasteiger partial charge in [-0.3, -0.25) is 15.1 Å². The topological polar surface area (TPSA) is 48.4 Å². The van der Waals surface area contributed by atoms with Crippen LogP contribution in [0.5, 0.6) is 0 Å². The van der Waals surface area contributed by atoms with Gasteiger partial charge in [0.25, 0.3) is 0 Å². The second-order valence-electron chi connectivity index (χ2n) is 8.40. The number of unbranched alkanes of at least 4 members (excludes halogenated alkanes) is 2. The van der Waals surface area contributed by atoms with E-state index in [0.29, 0.717) is 17.0 Å². The maximum absolute atomic E-state index is 7.97. The third-order valence-corrected chi connectivity index (χ3v) is 5.72. The van der Waals surface area contributed by atoms with Gasteiger partial charge in [0.05, 0.1) is 17.5 Å². The summed E-state index contributed by atoms with van der Waals surface area (Å²) >= 11 is 1.52. The van der Waals surface area contributed by atoms with Crippen molar-refractivity contribution in [2.24, 2.45) is 11.3 Å². The number of rotatable bonds is 11. The molecule has 1 unspecified atom stereocenters. The fourth-order valence-corrected chi connectivity index (χ4v) is 3.66. The van der Waals surface area contributed by atoms with E-state index >= 15 is 0 Å². The zero-order valence-electron chi connectivity index (χ0n) is 16.5. The number of likely N-dealkylation sites (tertiary alicyclic amines) is 1. The van der Waals surface area contributed by atoms with Crippen molar-refractivity contribution in [1.29, 1.82) is 5.41 Å². The first-order chi connectivity index (χ1) is 11.3. The average molecular weight is 358 g/mol. The Morgan fingerprint density at radius 2 is 2.04 bits per heavy atom. The van der Waals surface area contributed by atoms with Crippen molar-refractivity contribution in [3.05, 3.63) is 0 Å². The summed E-state index contributed by atoms with van der Waals surface area (Å²) in [5.74, 6) is 1.49. The molecular weight excluding hydrogens is 318 g/mol. The lowest BCUT2D eigenvalue weighted by Gasteiger charge is -2.24. The highest BCUT2D eigenvalue weighted by Gasteiger charge is 2.24. The van der Waals surface area contributed by atoms with Gasteiger partial charge >= 0.3 is 0 Å². The van der Waals surface area contributed by atoms with Crippen molar-refractivity contribution in [2.45, 2.75) is 79.2 Å². The smallest absolute Gasteiger partial charge is 0.0837 e. The fraction of sp³-hybridized carbons (Fsp3) is 0.947. The van der Waals surface area contributed by atoms with Crippen LogP contribution >= 0.6 is 11.8 Å². The maximum Gasteiger partial charge on any atom is 0.0837 e. The Hall–Kier alpha value is -0.100. The molecule has 0 amide bonds. The van der Waals surface area contributed by atoms with Crippen molar-refractivity contribution in [3.63, 3.8) is 0 Å². The predicted octanol–water partition coefficient (Wildman–Crippen LogP) is 4.90. The highest BCUT2D eigenvalue weighted by Crippen LogP contribution is 2.22. The van der Waals surface area contributed by atoms with Crippen LogP contribution in [0.4, 0.5) is 0 Å². The summed E-state index contributed by atoms with van der Waals surface area (Å²) in [4.78, 5) is 8.26. The molecule has 0 radical (unpaired) electrons. The van der Waals surface area contributed by atoms with Crippen molar-refractivity contribution >= 4 is 16.8 Å². The molecule has 0 bridgehead atoms. The summed E-state index contributed by atoms with van der Waals surface area (Å²) in [6, 6.07) is 0.565. The quantitative estimate of drug-likeness (QED) is 0.181. The van der Waals surface area contributed by atoms with Crippen LogP contribution in [0.15, 0.2) is 0 Å². The van der Waals surface area contributed by atoms with Crippen molar-refractivity contribution in [2.75, 3.05) is 25.6 Å². The average Bonchev–Trinajstić information content (AvgIpc) is 2.92. The van der Waals surface area contributed by atoms with Crippen molar-refractivity contribution < 1.29 is 4.84 Å². The predicted molar refractivity (Wildman–Crippen MR) is 107 cm³/mol. The first-order valence-electron chi connectivity index (χ1n) is 9.61. The number of nitrogens with one attached hydrogen (secondary N) is 2. The van der Waals surface area contributed by atoms with E-state index in [1.807, 2.05) is 0 Å². The number of hydroxylamine groups is 1. The summed E-state index contributed by atoms with van der Waals surface area (Å²) in [5, 5.41) is 8.67. The number of hydrogen-bond donors (Lipinski definition) is 2. The highest BCUT2D eigenvalue weighted by atomic mass is 32.2. The van der Waals surface area contributed by atoms with Crippen LogP contribution in [0.2, 0.25) is 0 Å². The number of thioether (sulfide) groups is 1. The van der Waals surface area contributed by atoms with Gasteiger partial charge in [-0.1, -0.05) is 65.6 Å². The molecule has 4 nitrogen and oxygen atoms in total. The minimum Gasteiger partial charge on any atom is -0.299 e. The first-order valence-corrected chi connectivity index (χ1v) is 10.6. The van der Waals surface area contributed by atoms with E-state index in [9.17, 15) is 0 Å². The monoisotopic (exact) mass is 357 g/mol. The molecule has 0 saturated carbocycles. The van der Waals surface area contributed by atoms with E-state index in [1.54, 1.807) is 0 Å². The van der Waals surface area contributed by atoms with Crippen molar-refractivity contribution in [1.82, 2.24) is 10.4 Å². The molecule has 1 saturated heterocycles. The zero-order chi connectivity index (χ0) is 18.0. The molecule has 1 atom stereocenters. The molecule has 0 aromatic rings. The Balaban J connectivity index is 2.08. The normalized spacial score (nSPS) is 19.3. The molecule has 1 aliphatic heterocycles. The third kappa shape index (κ3) is 9.40. The van der Waals surface area contributed by atoms with Gasteiger partial charge in [0.15, 0.2) is 0 Å². The van der Waals surface area contributed by atoms with E-state index in [4.69, 9.17) is 10.2 Å². The molecule has 0 spiro atoms. The van der Waals surface area contributed by atoms with Gasteiger partial charge in [-0.2, -0.15) is 5.48 Å². The Labute approximate surface area is 153 Å². The molecule has 0 aromatic carbocycles. The van der Waals surface area contributed by atoms with E-state index in [-0.39, 0.29) is 5.41 Å². The Kier molecular flexibility index (Phi) is 10.5. The second-order valence-corrected chi connectivity index (χ2v) is 9.38. The SMILES string of the molecule is CC(C)CCCCCN1CCCC1CONCSC(=N)C(C)(C)C. The summed E-state index contributed by atoms with van der Waals surface area (Å²) in [6.07, 6.45) is 7.94. The van der Waals surface area contributed by atoms with Crippen LogP contribution in [0.1, 0.15) is 73.1 Å². The molecule has 1 aliphatic rings. The summed E-state index contributed by atoms with van der Waals surface area (Å²) < 4.78 is 0. The highest BCUT2D eigenvalue weighted by molar-refractivity contribution is 8.13. The second kappa shape index (κ2) is 11.5. The van der Waals surface area contributed by atoms with Gasteiger partial charge in [0.1, 0.15) is 0 Å². The minimum atomic E-state index is -0.0653. The van der Waals surface area contributed by atoms with Gasteiger partial charge in [0, 0.05) is 11.5 Å². The minimum absolute atomic E-state index is 0.0653. The van der Waals surface area contributed by atoms with Gasteiger partial charge < -0.3 is 0 Å². The van der Waals surface area contributed by atoms with Crippen LogP contribution in [0.3, 0.4) is 0 Å². The van der Waals surface area contributed by atoms with Crippen LogP contribution in [-0.4, -0.2) is 41.6 Å². The summed E-state index contributed by atoms with van der Waals surface area (Å²) in [6.45, 7) is 14.0. The van der Waals surface area contributed by atoms with E-state index < -0.39 is 0 Å². The largest absolute Gasteiger partial charge is 0.299 e. The lowest BCUT2D eigenvalue weighted by Crippen LogP contribution is -2.36. The maximum atomic E-state index is 7.97. The van der Waals surface area contributed by atoms with Crippen LogP contribution in [0.25, 0.3) is 0 Å². The third-order valence-electron chi connectivity index (χ3n) is 4.56. The van der Waals surface area contributed by atoms with Gasteiger partial charge in [-0.15, -0.1) is 0 Å². The molecular formula is C19H39N3OS. The van der Waals surface area contributed by atoms with Gasteiger partial charge in [-0.05, 0) is 38.3 Å². The molecule has 24 heavy (non-hydrogen) atoms. The molecule has 1 heterocycles. The van der Waals surface area contributed by atoms with Crippen LogP contribution in [-0.2, 0) is 4.84 Å². The lowest BCUT2D eigenvalue weighted by molar-refractivity contribution is 0.0167. The summed E-state index contributed by atoms with van der Waals surface area (Å²) in [5.41, 5.74) is 2.95. The number of hydrogen-bond acceptors (Lipinski definition) is 5. The molecule has 0 aromatic heterocycles. The standard InChI is InChI=1S/C19H39N3OS/c1-16(2)10-7-6-8-12-22-13-9-11-17(22)14-23-21-15-24-18(20)19(3,4)5/h16-17,20-21H,6-15H2,1-5H3. The van der Waals surface area contributed by atoms with E-state index in [0.717, 1.165) is 12.5 Å². The van der Waals surface area contributed by atoms with Crippen molar-refractivity contribution in [3.8, 4) is 0 Å². The van der Waals surface area contributed by atoms with Gasteiger partial charge in [0.2, 0.25) is 0 Å². The summed E-state index contributed by atoms with van der Waals surface area (Å²) in [7, 11) is 0. The molecule has 142 valence electrons. The van der Waals surface area contributed by atoms with Crippen LogP contribution < -0.4 is 5.48 Å².